The molecule has 0 aliphatic carbocycles. The molecule has 0 spiro atoms. The number of ether oxygens (including phenoxy) is 3. The van der Waals surface area contributed by atoms with Crippen LogP contribution < -0.4 is 10.6 Å². The summed E-state index contributed by atoms with van der Waals surface area (Å²) in [5.74, 6) is 0.458. The molecule has 0 radical (unpaired) electrons. The molecule has 7 heteroatoms. The Morgan fingerprint density at radius 2 is 1.93 bits per heavy atom. The van der Waals surface area contributed by atoms with Crippen molar-refractivity contribution in [3.05, 3.63) is 102 Å². The highest BCUT2D eigenvalue weighted by molar-refractivity contribution is 5.82. The van der Waals surface area contributed by atoms with Crippen molar-refractivity contribution in [2.24, 2.45) is 11.8 Å². The fourth-order valence-electron chi connectivity index (χ4n) is 5.43. The number of benzene rings is 1. The van der Waals surface area contributed by atoms with E-state index >= 15 is 0 Å². The molecule has 1 fully saturated rings. The molecule has 3 rings (SSSR count). The van der Waals surface area contributed by atoms with Crippen LogP contribution in [0.25, 0.3) is 0 Å². The second kappa shape index (κ2) is 18.1. The number of carbonyl (C=O) groups excluding carboxylic acids is 2. The Hall–Kier alpha value is -3.84. The second-order valence-electron chi connectivity index (χ2n) is 11.9. The molecule has 1 amide bonds. The Morgan fingerprint density at radius 1 is 1.16 bits per heavy atom. The van der Waals surface area contributed by atoms with Crippen LogP contribution in [-0.2, 0) is 25.6 Å². The summed E-state index contributed by atoms with van der Waals surface area (Å²) < 4.78 is 17.3. The minimum atomic E-state index is -0.468. The van der Waals surface area contributed by atoms with E-state index in [1.54, 1.807) is 0 Å². The van der Waals surface area contributed by atoms with Gasteiger partial charge in [-0.1, -0.05) is 85.7 Å². The van der Waals surface area contributed by atoms with Crippen LogP contribution in [0.1, 0.15) is 65.9 Å². The van der Waals surface area contributed by atoms with Crippen LogP contribution in [0.15, 0.2) is 96.2 Å². The summed E-state index contributed by atoms with van der Waals surface area (Å²) in [6, 6.07) is 7.47. The zero-order chi connectivity index (χ0) is 31.9. The minimum Gasteiger partial charge on any atom is -0.455 e. The van der Waals surface area contributed by atoms with E-state index in [4.69, 9.17) is 14.2 Å². The molecule has 238 valence electrons. The quantitative estimate of drug-likeness (QED) is 0.135. The standard InChI is InChI=1S/C37H50N2O5/c1-7-10-34-29(5)16-22-35(44-34)33(39-37(41)42-25-30-17-19-31(38-6)20-18-30)13-8-11-26(2)23-28(4)24-27(3)15-21-32-12-9-14-36(40)43-32/h7-11,13-15,17-21,24,28-29,32-35,38H,12,16,22-23,25H2,1-6H3,(H,39,41)/b10-7+,13-8+,21-15+,26-11+,27-24-. The highest BCUT2D eigenvalue weighted by Gasteiger charge is 2.32. The number of amides is 1. The van der Waals surface area contributed by atoms with E-state index < -0.39 is 6.09 Å². The summed E-state index contributed by atoms with van der Waals surface area (Å²) in [6.45, 7) is 10.8. The van der Waals surface area contributed by atoms with E-state index in [0.29, 0.717) is 18.3 Å². The molecule has 1 aromatic rings. The summed E-state index contributed by atoms with van der Waals surface area (Å²) >= 11 is 0. The van der Waals surface area contributed by atoms with Gasteiger partial charge in [0.05, 0.1) is 18.2 Å². The smallest absolute Gasteiger partial charge is 0.408 e. The number of carbonyl (C=O) groups is 2. The van der Waals surface area contributed by atoms with Crippen LogP contribution in [0.5, 0.6) is 0 Å². The molecule has 2 aliphatic rings. The molecule has 2 heterocycles. The zero-order valence-corrected chi connectivity index (χ0v) is 27.1. The average molecular weight is 603 g/mol. The fraction of sp³-hybridized carbons (Fsp3) is 0.459. The summed E-state index contributed by atoms with van der Waals surface area (Å²) in [5.41, 5.74) is 4.28. The summed E-state index contributed by atoms with van der Waals surface area (Å²) in [5, 5.41) is 6.14. The molecule has 6 unspecified atom stereocenters. The summed E-state index contributed by atoms with van der Waals surface area (Å²) in [4.78, 5) is 24.3. The molecule has 7 nitrogen and oxygen atoms in total. The van der Waals surface area contributed by atoms with Crippen molar-refractivity contribution >= 4 is 17.7 Å². The van der Waals surface area contributed by atoms with Crippen LogP contribution in [-0.4, -0.2) is 43.5 Å². The first-order valence-corrected chi connectivity index (χ1v) is 15.7. The lowest BCUT2D eigenvalue weighted by molar-refractivity contribution is -0.141. The van der Waals surface area contributed by atoms with Crippen molar-refractivity contribution in [2.75, 3.05) is 12.4 Å². The molecule has 0 aromatic heterocycles. The predicted molar refractivity (Wildman–Crippen MR) is 178 cm³/mol. The molecule has 1 aromatic carbocycles. The van der Waals surface area contributed by atoms with E-state index in [2.05, 4.69) is 56.6 Å². The van der Waals surface area contributed by atoms with Gasteiger partial charge in [0.15, 0.2) is 0 Å². The molecule has 44 heavy (non-hydrogen) atoms. The first-order chi connectivity index (χ1) is 21.2. The normalized spacial score (nSPS) is 24.5. The molecule has 0 bridgehead atoms. The van der Waals surface area contributed by atoms with Gasteiger partial charge < -0.3 is 24.8 Å². The lowest BCUT2D eigenvalue weighted by Crippen LogP contribution is -2.47. The first-order valence-electron chi connectivity index (χ1n) is 15.7. The van der Waals surface area contributed by atoms with Crippen molar-refractivity contribution in [3.8, 4) is 0 Å². The predicted octanol–water partition coefficient (Wildman–Crippen LogP) is 7.99. The molecule has 1 saturated heterocycles. The van der Waals surface area contributed by atoms with E-state index in [1.807, 2.05) is 74.7 Å². The Balaban J connectivity index is 1.61. The number of rotatable bonds is 13. The Bertz CT molecular complexity index is 1260. The number of hydrogen-bond donors (Lipinski definition) is 2. The lowest BCUT2D eigenvalue weighted by Gasteiger charge is -2.36. The average Bonchev–Trinajstić information content (AvgIpc) is 3.00. The van der Waals surface area contributed by atoms with Crippen molar-refractivity contribution in [2.45, 2.75) is 91.3 Å². The molecule has 0 saturated carbocycles. The van der Waals surface area contributed by atoms with E-state index in [9.17, 15) is 9.59 Å². The van der Waals surface area contributed by atoms with E-state index in [0.717, 1.165) is 36.1 Å². The maximum atomic E-state index is 12.9. The number of allylic oxidation sites excluding steroid dienone is 7. The molecular weight excluding hydrogens is 552 g/mol. The third kappa shape index (κ3) is 12.0. The van der Waals surface area contributed by atoms with Crippen LogP contribution >= 0.6 is 0 Å². The molecule has 2 N–H and O–H groups in total. The highest BCUT2D eigenvalue weighted by atomic mass is 16.6. The lowest BCUT2D eigenvalue weighted by atomic mass is 9.90. The van der Waals surface area contributed by atoms with Gasteiger partial charge in [-0.3, -0.25) is 0 Å². The highest BCUT2D eigenvalue weighted by Crippen LogP contribution is 2.28. The van der Waals surface area contributed by atoms with Crippen LogP contribution in [0.2, 0.25) is 0 Å². The number of anilines is 1. The first kappa shape index (κ1) is 34.6. The topological polar surface area (TPSA) is 85.9 Å². The third-order valence-electron chi connectivity index (χ3n) is 7.83. The SMILES string of the molecule is C/C=C/C1OC(C(/C=C/C=C(\C)CC(C)/C=C(C)\C=C\C2CC=CC(=O)O2)NC(=O)OCc2ccc(NC)cc2)CCC1C. The summed E-state index contributed by atoms with van der Waals surface area (Å²) in [7, 11) is 1.87. The van der Waals surface area contributed by atoms with E-state index in [1.165, 1.54) is 11.6 Å². The number of alkyl carbamates (subject to hydrolysis) is 1. The monoisotopic (exact) mass is 602 g/mol. The number of esters is 1. The molecule has 6 atom stereocenters. The Labute approximate surface area is 263 Å². The van der Waals surface area contributed by atoms with Gasteiger partial charge in [0.2, 0.25) is 0 Å². The maximum absolute atomic E-state index is 12.9. The van der Waals surface area contributed by atoms with Gasteiger partial charge >= 0.3 is 12.1 Å². The van der Waals surface area contributed by atoms with Crippen LogP contribution in [0.3, 0.4) is 0 Å². The van der Waals surface area contributed by atoms with Crippen molar-refractivity contribution in [1.82, 2.24) is 5.32 Å². The summed E-state index contributed by atoms with van der Waals surface area (Å²) in [6.07, 6.45) is 22.4. The Morgan fingerprint density at radius 3 is 2.64 bits per heavy atom. The Kier molecular flexibility index (Phi) is 14.2. The van der Waals surface area contributed by atoms with E-state index in [-0.39, 0.29) is 36.9 Å². The molecular formula is C37H50N2O5. The van der Waals surface area contributed by atoms with Crippen LogP contribution in [0, 0.1) is 11.8 Å². The third-order valence-corrected chi connectivity index (χ3v) is 7.83. The van der Waals surface area contributed by atoms with Gasteiger partial charge in [0.1, 0.15) is 12.7 Å². The fourth-order valence-corrected chi connectivity index (χ4v) is 5.43. The van der Waals surface area contributed by atoms with Crippen molar-refractivity contribution in [3.63, 3.8) is 0 Å². The van der Waals surface area contributed by atoms with Gasteiger partial charge in [-0.05, 0) is 75.6 Å². The number of cyclic esters (lactones) is 1. The van der Waals surface area contributed by atoms with Gasteiger partial charge in [-0.25, -0.2) is 9.59 Å². The molecule has 2 aliphatic heterocycles. The van der Waals surface area contributed by atoms with Gasteiger partial charge in [0, 0.05) is 25.2 Å². The number of hydrogen-bond acceptors (Lipinski definition) is 6. The van der Waals surface area contributed by atoms with Crippen LogP contribution in [0.4, 0.5) is 10.5 Å². The zero-order valence-electron chi connectivity index (χ0n) is 27.1. The van der Waals surface area contributed by atoms with Gasteiger partial charge in [0.25, 0.3) is 0 Å². The number of nitrogens with one attached hydrogen (secondary N) is 2. The van der Waals surface area contributed by atoms with Crippen molar-refractivity contribution < 1.29 is 23.8 Å². The minimum absolute atomic E-state index is 0.0157. The van der Waals surface area contributed by atoms with Gasteiger partial charge in [-0.2, -0.15) is 0 Å². The van der Waals surface area contributed by atoms with Gasteiger partial charge in [-0.15, -0.1) is 0 Å². The van der Waals surface area contributed by atoms with Crippen molar-refractivity contribution in [1.29, 1.82) is 0 Å². The largest absolute Gasteiger partial charge is 0.455 e. The maximum Gasteiger partial charge on any atom is 0.408 e. The second-order valence-corrected chi connectivity index (χ2v) is 11.9.